The summed E-state index contributed by atoms with van der Waals surface area (Å²) in [7, 11) is 0. The number of hydrogen-bond acceptors (Lipinski definition) is 5. The van der Waals surface area contributed by atoms with E-state index >= 15 is 0 Å². The summed E-state index contributed by atoms with van der Waals surface area (Å²) in [5, 5.41) is 9.71. The van der Waals surface area contributed by atoms with Crippen LogP contribution in [0.2, 0.25) is 0 Å². The lowest BCUT2D eigenvalue weighted by Crippen LogP contribution is -2.52. The molecule has 1 aliphatic heterocycles. The van der Waals surface area contributed by atoms with Gasteiger partial charge >= 0.3 is 11.9 Å². The van der Waals surface area contributed by atoms with Crippen LogP contribution >= 0.6 is 0 Å². The van der Waals surface area contributed by atoms with Gasteiger partial charge in [0.05, 0.1) is 12.1 Å². The van der Waals surface area contributed by atoms with Gasteiger partial charge in [0.1, 0.15) is 11.6 Å². The molecule has 2 rings (SSSR count). The van der Waals surface area contributed by atoms with Gasteiger partial charge in [0.2, 0.25) is 0 Å². The molecule has 0 spiro atoms. The third-order valence-electron chi connectivity index (χ3n) is 4.39. The van der Waals surface area contributed by atoms with Crippen molar-refractivity contribution in [3.05, 3.63) is 35.4 Å². The highest BCUT2D eigenvalue weighted by Gasteiger charge is 2.38. The van der Waals surface area contributed by atoms with Gasteiger partial charge < -0.3 is 15.6 Å². The summed E-state index contributed by atoms with van der Waals surface area (Å²) in [6.45, 7) is 7.89. The van der Waals surface area contributed by atoms with E-state index in [1.165, 1.54) is 0 Å². The van der Waals surface area contributed by atoms with Gasteiger partial charge in [0.15, 0.2) is 0 Å². The number of carboxylic acid groups (broad SMARTS) is 1. The Labute approximate surface area is 149 Å². The standard InChI is InChI=1S/C19H28N2O4/c1-12-5-7-13(8-6-12)16(17(22)23)21-10-9-14(11-15(21)20)18(24)25-19(2,3)4/h5-8,14-16H,9-11,20H2,1-4H3,(H,22,23)/t14-,15-,16+/m0/s1. The van der Waals surface area contributed by atoms with E-state index in [1.807, 2.05) is 52.0 Å². The smallest absolute Gasteiger partial charge is 0.325 e. The number of hydrogen-bond donors (Lipinski definition) is 2. The van der Waals surface area contributed by atoms with Gasteiger partial charge in [0, 0.05) is 6.54 Å². The second kappa shape index (κ2) is 7.54. The Kier molecular flexibility index (Phi) is 5.85. The van der Waals surface area contributed by atoms with Gasteiger partial charge in [-0.25, -0.2) is 0 Å². The molecule has 6 nitrogen and oxygen atoms in total. The molecule has 0 radical (unpaired) electrons. The minimum atomic E-state index is -0.935. The molecule has 0 bridgehead atoms. The van der Waals surface area contributed by atoms with Crippen molar-refractivity contribution >= 4 is 11.9 Å². The first-order valence-corrected chi connectivity index (χ1v) is 8.62. The number of carbonyl (C=O) groups excluding carboxylic acids is 1. The molecule has 25 heavy (non-hydrogen) atoms. The molecule has 1 saturated heterocycles. The largest absolute Gasteiger partial charge is 0.480 e. The molecule has 1 aliphatic rings. The van der Waals surface area contributed by atoms with Crippen molar-refractivity contribution < 1.29 is 19.4 Å². The minimum Gasteiger partial charge on any atom is -0.480 e. The Morgan fingerprint density at radius 2 is 1.88 bits per heavy atom. The Bertz CT molecular complexity index is 621. The predicted molar refractivity (Wildman–Crippen MR) is 94.8 cm³/mol. The highest BCUT2D eigenvalue weighted by molar-refractivity contribution is 5.76. The lowest BCUT2D eigenvalue weighted by Gasteiger charge is -2.40. The number of aliphatic carboxylic acids is 1. The van der Waals surface area contributed by atoms with Crippen molar-refractivity contribution in [2.24, 2.45) is 11.7 Å². The summed E-state index contributed by atoms with van der Waals surface area (Å²) < 4.78 is 5.44. The fourth-order valence-electron chi connectivity index (χ4n) is 3.16. The van der Waals surface area contributed by atoms with Gasteiger partial charge in [-0.3, -0.25) is 14.5 Å². The van der Waals surface area contributed by atoms with Crippen LogP contribution in [-0.4, -0.2) is 40.3 Å². The average Bonchev–Trinajstić information content (AvgIpc) is 2.49. The van der Waals surface area contributed by atoms with Crippen molar-refractivity contribution in [3.8, 4) is 0 Å². The second-order valence-corrected chi connectivity index (χ2v) is 7.71. The molecule has 0 aromatic heterocycles. The summed E-state index contributed by atoms with van der Waals surface area (Å²) in [5.74, 6) is -1.49. The topological polar surface area (TPSA) is 92.9 Å². The summed E-state index contributed by atoms with van der Waals surface area (Å²) >= 11 is 0. The Balaban J connectivity index is 2.11. The third kappa shape index (κ3) is 5.03. The number of piperidine rings is 1. The normalized spacial score (nSPS) is 23.1. The van der Waals surface area contributed by atoms with E-state index in [1.54, 1.807) is 4.90 Å². The molecule has 0 aliphatic carbocycles. The first-order valence-electron chi connectivity index (χ1n) is 8.62. The Morgan fingerprint density at radius 3 is 2.36 bits per heavy atom. The maximum absolute atomic E-state index is 12.3. The van der Waals surface area contributed by atoms with Crippen LogP contribution in [-0.2, 0) is 14.3 Å². The molecule has 1 fully saturated rings. The summed E-state index contributed by atoms with van der Waals surface area (Å²) in [5.41, 5.74) is 7.46. The molecule has 0 amide bonds. The van der Waals surface area contributed by atoms with Crippen LogP contribution in [0, 0.1) is 12.8 Å². The molecule has 0 unspecified atom stereocenters. The summed E-state index contributed by atoms with van der Waals surface area (Å²) in [6.07, 6.45) is 0.427. The number of ether oxygens (including phenoxy) is 1. The van der Waals surface area contributed by atoms with Gasteiger partial charge in [-0.05, 0) is 46.1 Å². The molecular weight excluding hydrogens is 320 g/mol. The summed E-state index contributed by atoms with van der Waals surface area (Å²) in [4.78, 5) is 25.9. The van der Waals surface area contributed by atoms with Crippen LogP contribution in [0.5, 0.6) is 0 Å². The molecule has 3 N–H and O–H groups in total. The fraction of sp³-hybridized carbons (Fsp3) is 0.579. The van der Waals surface area contributed by atoms with Gasteiger partial charge in [-0.2, -0.15) is 0 Å². The number of carboxylic acids is 1. The van der Waals surface area contributed by atoms with Gasteiger partial charge in [-0.15, -0.1) is 0 Å². The van der Waals surface area contributed by atoms with Crippen molar-refractivity contribution in [3.63, 3.8) is 0 Å². The van der Waals surface area contributed by atoms with Crippen molar-refractivity contribution in [2.45, 2.75) is 58.3 Å². The van der Waals surface area contributed by atoms with Crippen LogP contribution < -0.4 is 5.73 Å². The average molecular weight is 348 g/mol. The van der Waals surface area contributed by atoms with E-state index < -0.39 is 23.8 Å². The van der Waals surface area contributed by atoms with Crippen LogP contribution in [0.1, 0.15) is 50.8 Å². The molecule has 1 heterocycles. The maximum atomic E-state index is 12.3. The molecule has 138 valence electrons. The first kappa shape index (κ1) is 19.4. The zero-order chi connectivity index (χ0) is 18.8. The zero-order valence-electron chi connectivity index (χ0n) is 15.4. The van der Waals surface area contributed by atoms with E-state index in [2.05, 4.69) is 0 Å². The van der Waals surface area contributed by atoms with Gasteiger partial charge in [0.25, 0.3) is 0 Å². The highest BCUT2D eigenvalue weighted by atomic mass is 16.6. The van der Waals surface area contributed by atoms with Crippen LogP contribution in [0.15, 0.2) is 24.3 Å². The number of nitrogens with two attached hydrogens (primary N) is 1. The Morgan fingerprint density at radius 1 is 1.28 bits per heavy atom. The van der Waals surface area contributed by atoms with Gasteiger partial charge in [-0.1, -0.05) is 29.8 Å². The number of carbonyl (C=O) groups is 2. The fourth-order valence-corrected chi connectivity index (χ4v) is 3.16. The number of aryl methyl sites for hydroxylation is 1. The lowest BCUT2D eigenvalue weighted by molar-refractivity contribution is -0.163. The second-order valence-electron chi connectivity index (χ2n) is 7.71. The first-order chi connectivity index (χ1) is 11.6. The number of benzene rings is 1. The molecule has 3 atom stereocenters. The van der Waals surface area contributed by atoms with Crippen molar-refractivity contribution in [2.75, 3.05) is 6.54 Å². The maximum Gasteiger partial charge on any atom is 0.325 e. The molecule has 6 heteroatoms. The lowest BCUT2D eigenvalue weighted by atomic mass is 9.91. The van der Waals surface area contributed by atoms with E-state index in [4.69, 9.17) is 10.5 Å². The van der Waals surface area contributed by atoms with Crippen molar-refractivity contribution in [1.29, 1.82) is 0 Å². The minimum absolute atomic E-state index is 0.259. The van der Waals surface area contributed by atoms with E-state index in [-0.39, 0.29) is 11.9 Å². The molecular formula is C19H28N2O4. The van der Waals surface area contributed by atoms with Crippen LogP contribution in [0.3, 0.4) is 0 Å². The molecule has 1 aromatic rings. The molecule has 1 aromatic carbocycles. The quantitative estimate of drug-likeness (QED) is 0.812. The van der Waals surface area contributed by atoms with Crippen molar-refractivity contribution in [1.82, 2.24) is 4.90 Å². The number of rotatable bonds is 4. The highest BCUT2D eigenvalue weighted by Crippen LogP contribution is 2.31. The number of likely N-dealkylation sites (tertiary alicyclic amines) is 1. The van der Waals surface area contributed by atoms with E-state index in [0.717, 1.165) is 5.56 Å². The van der Waals surface area contributed by atoms with Crippen LogP contribution in [0.4, 0.5) is 0 Å². The van der Waals surface area contributed by atoms with Crippen LogP contribution in [0.25, 0.3) is 0 Å². The SMILES string of the molecule is Cc1ccc([C@H](C(=O)O)N2CC[C@H](C(=O)OC(C)(C)C)C[C@H]2N)cc1. The monoisotopic (exact) mass is 348 g/mol. The van der Waals surface area contributed by atoms with E-state index in [0.29, 0.717) is 24.9 Å². The number of nitrogens with zero attached hydrogens (tertiary/aromatic N) is 1. The molecule has 0 saturated carbocycles. The number of esters is 1. The zero-order valence-corrected chi connectivity index (χ0v) is 15.4. The summed E-state index contributed by atoms with van der Waals surface area (Å²) in [6, 6.07) is 6.62. The Hall–Kier alpha value is -1.92. The third-order valence-corrected chi connectivity index (χ3v) is 4.39. The van der Waals surface area contributed by atoms with E-state index in [9.17, 15) is 14.7 Å². The predicted octanol–water partition coefficient (Wildman–Crippen LogP) is 2.46.